The van der Waals surface area contributed by atoms with Crippen LogP contribution in [-0.2, 0) is 11.8 Å². The van der Waals surface area contributed by atoms with Crippen LogP contribution in [0.2, 0.25) is 0 Å². The topological polar surface area (TPSA) is 137 Å². The number of nitrogens with one attached hydrogen (secondary N) is 1. The molecule has 0 atom stereocenters. The number of hydrogen-bond donors (Lipinski definition) is 2. The number of alkyl halides is 2. The quantitative estimate of drug-likeness (QED) is 0.268. The van der Waals surface area contributed by atoms with Crippen molar-refractivity contribution in [3.8, 4) is 11.5 Å². The van der Waals surface area contributed by atoms with Crippen molar-refractivity contribution in [2.24, 2.45) is 12.8 Å². The molecule has 6 rings (SSSR count). The summed E-state index contributed by atoms with van der Waals surface area (Å²) in [6, 6.07) is 14.9. The van der Waals surface area contributed by atoms with Gasteiger partial charge in [-0.1, -0.05) is 11.8 Å². The molecule has 2 aromatic carbocycles. The normalized spacial score (nSPS) is 14.2. The maximum atomic E-state index is 14.0. The summed E-state index contributed by atoms with van der Waals surface area (Å²) in [6.45, 7) is 5.23. The van der Waals surface area contributed by atoms with Crippen LogP contribution < -0.4 is 20.7 Å². The predicted octanol–water partition coefficient (Wildman–Crippen LogP) is 5.04. The van der Waals surface area contributed by atoms with Gasteiger partial charge in [-0.05, 0) is 67.4 Å². The molecule has 13 heteroatoms. The smallest absolute Gasteiger partial charge is 0.265 e. The first kappa shape index (κ1) is 28.3. The summed E-state index contributed by atoms with van der Waals surface area (Å²) in [5.74, 6) is -0.844. The molecule has 0 unspecified atom stereocenters. The van der Waals surface area contributed by atoms with E-state index in [0.29, 0.717) is 47.1 Å². The van der Waals surface area contributed by atoms with Crippen LogP contribution in [-0.4, -0.2) is 54.9 Å². The van der Waals surface area contributed by atoms with Gasteiger partial charge in [-0.15, -0.1) is 5.10 Å². The van der Waals surface area contributed by atoms with Gasteiger partial charge in [0.1, 0.15) is 34.7 Å². The van der Waals surface area contributed by atoms with Crippen LogP contribution in [0.5, 0.6) is 11.5 Å². The lowest BCUT2D eigenvalue weighted by molar-refractivity contribution is -0.113. The van der Waals surface area contributed by atoms with E-state index in [1.54, 1.807) is 21.7 Å². The summed E-state index contributed by atoms with van der Waals surface area (Å²) < 4.78 is 35.8. The number of primary amides is 1. The van der Waals surface area contributed by atoms with E-state index >= 15 is 0 Å². The SMILES string of the molecule is C=CC(N)=O.Cc1cc(Nc2ncnc3ccc(N4CCCC(F)(F)C4)nc23)ccc1Oc1ccc2c(c1)nnn2C. The first-order chi connectivity index (χ1) is 20.1. The molecular weight excluding hydrogens is 544 g/mol. The maximum absolute atomic E-state index is 14.0. The Bertz CT molecular complexity index is 1770. The van der Waals surface area contributed by atoms with Crippen LogP contribution in [0, 0.1) is 6.92 Å². The molecule has 4 heterocycles. The van der Waals surface area contributed by atoms with Crippen LogP contribution in [0.4, 0.5) is 26.1 Å². The number of pyridine rings is 1. The van der Waals surface area contributed by atoms with Gasteiger partial charge in [-0.2, -0.15) is 0 Å². The number of nitrogens with two attached hydrogens (primary N) is 1. The lowest BCUT2D eigenvalue weighted by atomic mass is 10.1. The molecule has 0 bridgehead atoms. The second-order valence-electron chi connectivity index (χ2n) is 9.82. The average Bonchev–Trinajstić information content (AvgIpc) is 3.34. The number of carbonyl (C=O) groups is 1. The van der Waals surface area contributed by atoms with Crippen LogP contribution in [0.15, 0.2) is 67.5 Å². The van der Waals surface area contributed by atoms with Crippen LogP contribution in [0.1, 0.15) is 18.4 Å². The second-order valence-corrected chi connectivity index (χ2v) is 9.82. The fraction of sp³-hybridized carbons (Fsp3) is 0.241. The summed E-state index contributed by atoms with van der Waals surface area (Å²) in [7, 11) is 1.84. The summed E-state index contributed by atoms with van der Waals surface area (Å²) in [5.41, 5.74) is 9.05. The number of aryl methyl sites for hydroxylation is 2. The largest absolute Gasteiger partial charge is 0.457 e. The number of nitrogens with zero attached hydrogens (tertiary/aromatic N) is 7. The zero-order valence-corrected chi connectivity index (χ0v) is 23.1. The van der Waals surface area contributed by atoms with Gasteiger partial charge >= 0.3 is 0 Å². The van der Waals surface area contributed by atoms with Gasteiger partial charge in [0, 0.05) is 31.8 Å². The highest BCUT2D eigenvalue weighted by Gasteiger charge is 2.35. The Hall–Kier alpha value is -5.20. The number of piperidine rings is 1. The number of benzene rings is 2. The van der Waals surface area contributed by atoms with Gasteiger partial charge in [-0.3, -0.25) is 4.79 Å². The van der Waals surface area contributed by atoms with Gasteiger partial charge in [-0.25, -0.2) is 28.4 Å². The Labute approximate surface area is 240 Å². The molecule has 216 valence electrons. The van der Waals surface area contributed by atoms with Gasteiger partial charge in [0.25, 0.3) is 5.92 Å². The van der Waals surface area contributed by atoms with E-state index < -0.39 is 11.8 Å². The van der Waals surface area contributed by atoms with Gasteiger partial charge in [0.2, 0.25) is 5.91 Å². The Morgan fingerprint density at radius 1 is 1.14 bits per heavy atom. The van der Waals surface area contributed by atoms with Crippen molar-refractivity contribution in [3.05, 3.63) is 73.1 Å². The van der Waals surface area contributed by atoms with Crippen molar-refractivity contribution in [2.45, 2.75) is 25.7 Å². The zero-order chi connectivity index (χ0) is 29.9. The number of amides is 1. The number of hydrogen-bond acceptors (Lipinski definition) is 9. The summed E-state index contributed by atoms with van der Waals surface area (Å²) in [6.07, 6.45) is 2.83. The molecule has 1 fully saturated rings. The van der Waals surface area contributed by atoms with Crippen molar-refractivity contribution in [1.29, 1.82) is 0 Å². The van der Waals surface area contributed by atoms with E-state index in [0.717, 1.165) is 28.4 Å². The highest BCUT2D eigenvalue weighted by molar-refractivity contribution is 5.88. The Balaban J connectivity index is 0.000000652. The van der Waals surface area contributed by atoms with Crippen molar-refractivity contribution < 1.29 is 18.3 Å². The average molecular weight is 574 g/mol. The minimum absolute atomic E-state index is 0.0962. The first-order valence-corrected chi connectivity index (χ1v) is 13.1. The van der Waals surface area contributed by atoms with E-state index in [-0.39, 0.29) is 13.0 Å². The fourth-order valence-electron chi connectivity index (χ4n) is 4.55. The molecule has 1 saturated heterocycles. The molecule has 0 radical (unpaired) electrons. The van der Waals surface area contributed by atoms with Crippen LogP contribution >= 0.6 is 0 Å². The van der Waals surface area contributed by atoms with Crippen molar-refractivity contribution in [3.63, 3.8) is 0 Å². The van der Waals surface area contributed by atoms with E-state index in [9.17, 15) is 13.6 Å². The second kappa shape index (κ2) is 11.7. The van der Waals surface area contributed by atoms with Crippen LogP contribution in [0.3, 0.4) is 0 Å². The number of rotatable bonds is 6. The third kappa shape index (κ3) is 6.40. The molecular formula is C29H29F2N9O2. The number of halogens is 2. The summed E-state index contributed by atoms with van der Waals surface area (Å²) in [5, 5.41) is 11.5. The molecule has 0 saturated carbocycles. The lowest BCUT2D eigenvalue weighted by Gasteiger charge is -2.33. The molecule has 11 nitrogen and oxygen atoms in total. The number of aromatic nitrogens is 6. The first-order valence-electron chi connectivity index (χ1n) is 13.1. The van der Waals surface area contributed by atoms with Crippen molar-refractivity contribution in [2.75, 3.05) is 23.3 Å². The van der Waals surface area contributed by atoms with Gasteiger partial charge in [0.15, 0.2) is 5.82 Å². The number of ether oxygens (including phenoxy) is 1. The van der Waals surface area contributed by atoms with E-state index in [4.69, 9.17) is 4.74 Å². The maximum Gasteiger partial charge on any atom is 0.265 e. The minimum atomic E-state index is -2.72. The van der Waals surface area contributed by atoms with Gasteiger partial charge < -0.3 is 20.7 Å². The molecule has 5 aromatic rings. The molecule has 1 aliphatic rings. The third-order valence-electron chi connectivity index (χ3n) is 6.63. The molecule has 42 heavy (non-hydrogen) atoms. The van der Waals surface area contributed by atoms with Crippen LogP contribution in [0.25, 0.3) is 22.1 Å². The number of carbonyl (C=O) groups excluding carboxylic acids is 1. The monoisotopic (exact) mass is 573 g/mol. The Kier molecular flexibility index (Phi) is 7.91. The van der Waals surface area contributed by atoms with E-state index in [1.807, 2.05) is 50.4 Å². The molecule has 0 spiro atoms. The highest BCUT2D eigenvalue weighted by atomic mass is 19.3. The number of anilines is 3. The Morgan fingerprint density at radius 2 is 1.95 bits per heavy atom. The van der Waals surface area contributed by atoms with Crippen molar-refractivity contribution >= 4 is 45.3 Å². The van der Waals surface area contributed by atoms with E-state index in [2.05, 4.69) is 42.9 Å². The van der Waals surface area contributed by atoms with Gasteiger partial charge in [0.05, 0.1) is 17.6 Å². The fourth-order valence-corrected chi connectivity index (χ4v) is 4.55. The third-order valence-corrected chi connectivity index (χ3v) is 6.63. The molecule has 3 N–H and O–H groups in total. The molecule has 1 amide bonds. The molecule has 1 aliphatic heterocycles. The number of fused-ring (bicyclic) bond motifs is 2. The predicted molar refractivity (Wildman–Crippen MR) is 156 cm³/mol. The minimum Gasteiger partial charge on any atom is -0.457 e. The summed E-state index contributed by atoms with van der Waals surface area (Å²) in [4.78, 5) is 24.4. The molecule has 3 aromatic heterocycles. The zero-order valence-electron chi connectivity index (χ0n) is 23.1. The standard InChI is InChI=1S/C26H24F2N8O.C3H5NO/c1-16-12-17(4-8-22(16)37-18-5-7-21-20(13-18)33-34-35(21)2)31-25-24-19(29-15-30-25)6-9-23(32-24)36-11-3-10-26(27,28)14-36;1-2-3(4)5/h4-9,12-13,15H,3,10-11,14H2,1-2H3,(H,29,30,31);2H,1H2,(H2,4,5). The molecule has 0 aliphatic carbocycles. The van der Waals surface area contributed by atoms with E-state index in [1.165, 1.54) is 6.33 Å². The highest BCUT2D eigenvalue weighted by Crippen LogP contribution is 2.33. The van der Waals surface area contributed by atoms with Crippen molar-refractivity contribution in [1.82, 2.24) is 29.9 Å². The summed E-state index contributed by atoms with van der Waals surface area (Å²) >= 11 is 0. The Morgan fingerprint density at radius 3 is 2.69 bits per heavy atom. The lowest BCUT2D eigenvalue weighted by Crippen LogP contribution is -2.43.